The molecule has 0 saturated heterocycles. The lowest BCUT2D eigenvalue weighted by molar-refractivity contribution is 0.0459. The fourth-order valence-corrected chi connectivity index (χ4v) is 3.46. The van der Waals surface area contributed by atoms with E-state index in [1.807, 2.05) is 31.2 Å². The molecule has 4 atom stereocenters. The lowest BCUT2D eigenvalue weighted by Gasteiger charge is -2.40. The quantitative estimate of drug-likeness (QED) is 0.863. The molecule has 2 rings (SSSR count). The van der Waals surface area contributed by atoms with Gasteiger partial charge in [-0.15, -0.1) is 0 Å². The molecule has 3 heteroatoms. The lowest BCUT2D eigenvalue weighted by Crippen LogP contribution is -2.50. The Kier molecular flexibility index (Phi) is 5.92. The minimum atomic E-state index is 0.211. The summed E-state index contributed by atoms with van der Waals surface area (Å²) in [5, 5.41) is 3.60. The predicted molar refractivity (Wildman–Crippen MR) is 87.1 cm³/mol. The highest BCUT2D eigenvalue weighted by molar-refractivity contribution is 5.39. The molecule has 0 amide bonds. The molecular formula is C18H29NO2. The summed E-state index contributed by atoms with van der Waals surface area (Å²) in [6, 6.07) is 8.42. The first-order valence-corrected chi connectivity index (χ1v) is 8.27. The summed E-state index contributed by atoms with van der Waals surface area (Å²) in [5.74, 6) is 3.02. The van der Waals surface area contributed by atoms with Gasteiger partial charge in [-0.1, -0.05) is 32.9 Å². The van der Waals surface area contributed by atoms with Gasteiger partial charge >= 0.3 is 0 Å². The van der Waals surface area contributed by atoms with Crippen molar-refractivity contribution in [1.29, 1.82) is 0 Å². The third kappa shape index (κ3) is 4.13. The van der Waals surface area contributed by atoms with E-state index in [1.54, 1.807) is 0 Å². The Morgan fingerprint density at radius 3 is 2.48 bits per heavy atom. The van der Waals surface area contributed by atoms with E-state index >= 15 is 0 Å². The number of para-hydroxylation sites is 2. The van der Waals surface area contributed by atoms with E-state index in [4.69, 9.17) is 9.47 Å². The van der Waals surface area contributed by atoms with Crippen LogP contribution in [0.5, 0.6) is 11.5 Å². The zero-order valence-corrected chi connectivity index (χ0v) is 13.8. The molecule has 1 aliphatic rings. The maximum Gasteiger partial charge on any atom is 0.161 e. The average molecular weight is 291 g/mol. The molecule has 1 aliphatic carbocycles. The fourth-order valence-electron chi connectivity index (χ4n) is 3.46. The van der Waals surface area contributed by atoms with E-state index in [1.165, 1.54) is 12.8 Å². The van der Waals surface area contributed by atoms with Crippen LogP contribution in [0.3, 0.4) is 0 Å². The summed E-state index contributed by atoms with van der Waals surface area (Å²) in [6.07, 6.45) is 2.62. The van der Waals surface area contributed by atoms with E-state index in [-0.39, 0.29) is 6.10 Å². The van der Waals surface area contributed by atoms with E-state index in [0.29, 0.717) is 18.6 Å². The van der Waals surface area contributed by atoms with Crippen LogP contribution in [0.15, 0.2) is 24.3 Å². The van der Waals surface area contributed by atoms with Crippen molar-refractivity contribution in [2.75, 3.05) is 13.2 Å². The Bertz CT molecular complexity index is 435. The van der Waals surface area contributed by atoms with Crippen LogP contribution in [0.1, 0.15) is 40.5 Å². The number of hydrogen-bond donors (Lipinski definition) is 1. The zero-order valence-electron chi connectivity index (χ0n) is 13.8. The molecule has 118 valence electrons. The van der Waals surface area contributed by atoms with Gasteiger partial charge in [0.05, 0.1) is 6.61 Å². The average Bonchev–Trinajstić information content (AvgIpc) is 2.45. The number of nitrogens with one attached hydrogen (secondary N) is 1. The van der Waals surface area contributed by atoms with Crippen molar-refractivity contribution >= 4 is 0 Å². The van der Waals surface area contributed by atoms with Crippen molar-refractivity contribution in [3.63, 3.8) is 0 Å². The molecule has 4 unspecified atom stereocenters. The third-order valence-corrected chi connectivity index (χ3v) is 4.27. The molecule has 0 radical (unpaired) electrons. The maximum absolute atomic E-state index is 6.38. The molecule has 0 aromatic heterocycles. The molecular weight excluding hydrogens is 262 g/mol. The van der Waals surface area contributed by atoms with Crippen molar-refractivity contribution in [3.05, 3.63) is 24.3 Å². The third-order valence-electron chi connectivity index (χ3n) is 4.27. The van der Waals surface area contributed by atoms with Crippen LogP contribution in [0.2, 0.25) is 0 Å². The van der Waals surface area contributed by atoms with E-state index in [2.05, 4.69) is 26.1 Å². The highest BCUT2D eigenvalue weighted by Gasteiger charge is 2.35. The molecule has 1 saturated carbocycles. The first-order chi connectivity index (χ1) is 10.2. The van der Waals surface area contributed by atoms with Gasteiger partial charge in [0.1, 0.15) is 6.10 Å². The van der Waals surface area contributed by atoms with Crippen LogP contribution in [0.25, 0.3) is 0 Å². The maximum atomic E-state index is 6.38. The van der Waals surface area contributed by atoms with Crippen LogP contribution in [-0.2, 0) is 0 Å². The Morgan fingerprint density at radius 2 is 1.81 bits per heavy atom. The summed E-state index contributed by atoms with van der Waals surface area (Å²) < 4.78 is 12.1. The van der Waals surface area contributed by atoms with E-state index in [9.17, 15) is 0 Å². The van der Waals surface area contributed by atoms with Gasteiger partial charge in [-0.25, -0.2) is 0 Å². The number of likely N-dealkylation sites (N-methyl/N-ethyl adjacent to an activating group) is 1. The van der Waals surface area contributed by atoms with Crippen molar-refractivity contribution < 1.29 is 9.47 Å². The van der Waals surface area contributed by atoms with Crippen molar-refractivity contribution in [2.45, 2.75) is 52.7 Å². The standard InChI is InChI=1S/C18H29NO2/c1-5-19-15-12-13(3)11-14(4)18(15)21-17-10-8-7-9-16(17)20-6-2/h7-10,13-15,18-19H,5-6,11-12H2,1-4H3. The van der Waals surface area contributed by atoms with Crippen LogP contribution in [0, 0.1) is 11.8 Å². The van der Waals surface area contributed by atoms with E-state index < -0.39 is 0 Å². The first-order valence-electron chi connectivity index (χ1n) is 8.27. The topological polar surface area (TPSA) is 30.5 Å². The monoisotopic (exact) mass is 291 g/mol. The summed E-state index contributed by atoms with van der Waals surface area (Å²) in [7, 11) is 0. The fraction of sp³-hybridized carbons (Fsp3) is 0.667. The van der Waals surface area contributed by atoms with Gasteiger partial charge in [-0.05, 0) is 50.3 Å². The SMILES string of the molecule is CCNC1CC(C)CC(C)C1Oc1ccccc1OCC. The summed E-state index contributed by atoms with van der Waals surface area (Å²) >= 11 is 0. The Balaban J connectivity index is 2.15. The second kappa shape index (κ2) is 7.69. The van der Waals surface area contributed by atoms with Gasteiger partial charge < -0.3 is 14.8 Å². The molecule has 1 aromatic rings. The van der Waals surface area contributed by atoms with Gasteiger partial charge in [-0.3, -0.25) is 0 Å². The van der Waals surface area contributed by atoms with Crippen LogP contribution in [-0.4, -0.2) is 25.3 Å². The highest BCUT2D eigenvalue weighted by atomic mass is 16.5. The summed E-state index contributed by atoms with van der Waals surface area (Å²) in [5.41, 5.74) is 0. The van der Waals surface area contributed by atoms with Crippen molar-refractivity contribution in [3.8, 4) is 11.5 Å². The summed E-state index contributed by atoms with van der Waals surface area (Å²) in [6.45, 7) is 10.4. The van der Waals surface area contributed by atoms with Gasteiger partial charge in [0, 0.05) is 6.04 Å². The molecule has 0 spiro atoms. The van der Waals surface area contributed by atoms with Crippen LogP contribution >= 0.6 is 0 Å². The van der Waals surface area contributed by atoms with Gasteiger partial charge in [0.15, 0.2) is 11.5 Å². The van der Waals surface area contributed by atoms with Crippen LogP contribution in [0.4, 0.5) is 0 Å². The number of hydrogen-bond acceptors (Lipinski definition) is 3. The van der Waals surface area contributed by atoms with Gasteiger partial charge in [0.2, 0.25) is 0 Å². The summed E-state index contributed by atoms with van der Waals surface area (Å²) in [4.78, 5) is 0. The lowest BCUT2D eigenvalue weighted by atomic mass is 9.78. The molecule has 1 aromatic carbocycles. The molecule has 0 heterocycles. The minimum absolute atomic E-state index is 0.211. The Hall–Kier alpha value is -1.22. The minimum Gasteiger partial charge on any atom is -0.490 e. The van der Waals surface area contributed by atoms with Crippen molar-refractivity contribution in [1.82, 2.24) is 5.32 Å². The predicted octanol–water partition coefficient (Wildman–Crippen LogP) is 3.88. The number of ether oxygens (including phenoxy) is 2. The molecule has 0 bridgehead atoms. The number of rotatable bonds is 6. The number of benzene rings is 1. The molecule has 1 N–H and O–H groups in total. The molecule has 3 nitrogen and oxygen atoms in total. The zero-order chi connectivity index (χ0) is 15.2. The van der Waals surface area contributed by atoms with Crippen LogP contribution < -0.4 is 14.8 Å². The Labute approximate surface area is 129 Å². The van der Waals surface area contributed by atoms with Gasteiger partial charge in [-0.2, -0.15) is 0 Å². The first kappa shape index (κ1) is 16.2. The molecule has 1 fully saturated rings. The van der Waals surface area contributed by atoms with E-state index in [0.717, 1.165) is 24.0 Å². The smallest absolute Gasteiger partial charge is 0.161 e. The second-order valence-electron chi connectivity index (χ2n) is 6.18. The second-order valence-corrected chi connectivity index (χ2v) is 6.18. The normalized spacial score (nSPS) is 29.1. The highest BCUT2D eigenvalue weighted by Crippen LogP contribution is 2.35. The Morgan fingerprint density at radius 1 is 1.10 bits per heavy atom. The largest absolute Gasteiger partial charge is 0.490 e. The molecule has 21 heavy (non-hydrogen) atoms. The van der Waals surface area contributed by atoms with Gasteiger partial charge in [0.25, 0.3) is 0 Å². The molecule has 0 aliphatic heterocycles. The van der Waals surface area contributed by atoms with Crippen molar-refractivity contribution in [2.24, 2.45) is 11.8 Å².